The first-order valence-corrected chi connectivity index (χ1v) is 33.3. The summed E-state index contributed by atoms with van der Waals surface area (Å²) in [5.41, 5.74) is 17.4. The third-order valence-corrected chi connectivity index (χ3v) is 16.5. The number of nitrogens with two attached hydrogens (primary N) is 3. The molecule has 32 heteroatoms. The predicted octanol–water partition coefficient (Wildman–Crippen LogP) is -0.170. The lowest BCUT2D eigenvalue weighted by molar-refractivity contribution is -0.143. The zero-order valence-corrected chi connectivity index (χ0v) is 54.8. The van der Waals surface area contributed by atoms with Gasteiger partial charge in [-0.05, 0) is 95.4 Å². The minimum atomic E-state index is -3.37. The number of halogens is 2. The zero-order valence-electron chi connectivity index (χ0n) is 54.0. The Morgan fingerprint density at radius 2 is 1.42 bits per heavy atom. The molecular formula is C61H93F2N17O12S. The van der Waals surface area contributed by atoms with Gasteiger partial charge in [0.15, 0.2) is 5.82 Å². The Hall–Kier alpha value is -8.04. The summed E-state index contributed by atoms with van der Waals surface area (Å²) in [6, 6.07) is 3.90. The maximum absolute atomic E-state index is 15.2. The number of fused-ring (bicyclic) bond motifs is 6. The van der Waals surface area contributed by atoms with Crippen molar-refractivity contribution in [1.29, 1.82) is 0 Å². The normalized spacial score (nSPS) is 15.5. The van der Waals surface area contributed by atoms with Gasteiger partial charge in [-0.25, -0.2) is 23.0 Å². The number of benzene rings is 2. The van der Waals surface area contributed by atoms with E-state index in [9.17, 15) is 51.8 Å². The summed E-state index contributed by atoms with van der Waals surface area (Å²) in [6.07, 6.45) is 3.75. The summed E-state index contributed by atoms with van der Waals surface area (Å²) in [4.78, 5) is 133. The molecule has 2 aliphatic heterocycles. The van der Waals surface area contributed by atoms with Crippen molar-refractivity contribution in [3.63, 3.8) is 0 Å². The van der Waals surface area contributed by atoms with E-state index in [1.54, 1.807) is 44.0 Å². The molecule has 5 atom stereocenters. The number of anilines is 2. The van der Waals surface area contributed by atoms with Gasteiger partial charge in [-0.2, -0.15) is 4.36 Å². The number of carbonyl (C=O) groups excluding carboxylic acids is 9. The van der Waals surface area contributed by atoms with Crippen LogP contribution >= 0.6 is 0 Å². The first kappa shape index (κ1) is 75.7. The Morgan fingerprint density at radius 3 is 2.12 bits per heavy atom. The van der Waals surface area contributed by atoms with Gasteiger partial charge in [0.2, 0.25) is 53.2 Å². The van der Waals surface area contributed by atoms with Gasteiger partial charge in [-0.15, -0.1) is 0 Å². The highest BCUT2D eigenvalue weighted by atomic mass is 32.2. The molecule has 0 saturated carbocycles. The lowest BCUT2D eigenvalue weighted by atomic mass is 10.0. The van der Waals surface area contributed by atoms with E-state index in [0.29, 0.717) is 82.1 Å². The highest BCUT2D eigenvalue weighted by molar-refractivity contribution is 7.92. The second-order valence-corrected chi connectivity index (χ2v) is 26.0. The number of ether oxygens (including phenoxy) is 2. The van der Waals surface area contributed by atoms with Crippen molar-refractivity contribution in [2.45, 2.75) is 108 Å². The Morgan fingerprint density at radius 1 is 0.774 bits per heavy atom. The summed E-state index contributed by atoms with van der Waals surface area (Å²) in [7, 11) is 2.17. The van der Waals surface area contributed by atoms with Crippen molar-refractivity contribution in [1.82, 2.24) is 61.5 Å². The third-order valence-electron chi connectivity index (χ3n) is 15.0. The fraction of sp³-hybridized carbons (Fsp3) is 0.590. The van der Waals surface area contributed by atoms with Crippen molar-refractivity contribution in [2.75, 3.05) is 124 Å². The van der Waals surface area contributed by atoms with E-state index in [0.717, 1.165) is 12.3 Å². The van der Waals surface area contributed by atoms with Crippen LogP contribution in [0.5, 0.6) is 11.5 Å². The molecule has 514 valence electrons. The first-order chi connectivity index (χ1) is 44.2. The van der Waals surface area contributed by atoms with Crippen LogP contribution < -0.4 is 63.9 Å². The molecule has 3 aromatic rings. The quantitative estimate of drug-likeness (QED) is 0.0371. The van der Waals surface area contributed by atoms with Crippen molar-refractivity contribution in [2.24, 2.45) is 27.5 Å². The van der Waals surface area contributed by atoms with E-state index in [2.05, 4.69) is 56.4 Å². The largest absolute Gasteiger partial charge is 0.494 e. The number of likely N-dealkylation sites (tertiary alicyclic amines) is 1. The number of primary amides is 1. The predicted molar refractivity (Wildman–Crippen MR) is 344 cm³/mol. The number of hydrogen-bond acceptors (Lipinski definition) is 20. The maximum Gasteiger partial charge on any atom is 0.276 e. The van der Waals surface area contributed by atoms with Crippen LogP contribution in [0.15, 0.2) is 47.0 Å². The van der Waals surface area contributed by atoms with Gasteiger partial charge >= 0.3 is 0 Å². The number of carbonyl (C=O) groups is 9. The van der Waals surface area contributed by atoms with Crippen molar-refractivity contribution in [3.8, 4) is 22.8 Å². The molecular weight excluding hydrogens is 1230 g/mol. The smallest absolute Gasteiger partial charge is 0.276 e. The summed E-state index contributed by atoms with van der Waals surface area (Å²) in [5.74, 6) is -6.83. The van der Waals surface area contributed by atoms with Gasteiger partial charge in [0, 0.05) is 121 Å². The van der Waals surface area contributed by atoms with Gasteiger partial charge in [-0.1, -0.05) is 13.8 Å². The van der Waals surface area contributed by atoms with Crippen molar-refractivity contribution in [3.05, 3.63) is 59.8 Å². The summed E-state index contributed by atoms with van der Waals surface area (Å²) in [5, 5.41) is 19.1. The second-order valence-electron chi connectivity index (χ2n) is 23.6. The third kappa shape index (κ3) is 26.5. The monoisotopic (exact) mass is 1330 g/mol. The van der Waals surface area contributed by atoms with Crippen LogP contribution in [0.25, 0.3) is 11.3 Å². The van der Waals surface area contributed by atoms with Crippen LogP contribution in [-0.4, -0.2) is 230 Å². The fourth-order valence-corrected chi connectivity index (χ4v) is 11.4. The summed E-state index contributed by atoms with van der Waals surface area (Å²) >= 11 is 0. The Labute approximate surface area is 542 Å². The zero-order chi connectivity index (χ0) is 68.2. The number of nitrogens with one attached hydrogen (secondary N) is 7. The second kappa shape index (κ2) is 38.2. The van der Waals surface area contributed by atoms with Crippen molar-refractivity contribution < 1.29 is 65.6 Å². The number of nitrogens with zero attached hydrogens (tertiary/aromatic N) is 7. The SMILES string of the molecule is CC(C)[C@H](NC(=O)[C@@H]1CCCN1C(=O)[C@H](CC(N)=O)NC(=O)CN(C)CCN(C)CCN(C)CCNC(=O)CCCC(=O)N[C@@H](CCC(=O)NCCN)C(=O)NCCN)C(=O)N=[S@@](C)(=O)Cc1cc2cc(c1)OCCCCOc1cc(F)ccc1-c1nc(ncc1F)N2. The van der Waals surface area contributed by atoms with E-state index < -0.39 is 99.2 Å². The van der Waals surface area contributed by atoms with Gasteiger partial charge < -0.3 is 78.6 Å². The Balaban J connectivity index is 1.08. The van der Waals surface area contributed by atoms with Crippen LogP contribution in [0.3, 0.4) is 0 Å². The lowest BCUT2D eigenvalue weighted by Crippen LogP contribution is -2.57. The van der Waals surface area contributed by atoms with Gasteiger partial charge in [0.1, 0.15) is 47.2 Å². The molecule has 3 heterocycles. The summed E-state index contributed by atoms with van der Waals surface area (Å²) in [6.45, 7) is 7.89. The fourth-order valence-electron chi connectivity index (χ4n) is 10.1. The van der Waals surface area contributed by atoms with E-state index in [1.807, 2.05) is 19.0 Å². The number of aromatic nitrogens is 2. The molecule has 1 saturated heterocycles. The minimum absolute atomic E-state index is 0.00145. The average Bonchev–Trinajstić information content (AvgIpc) is 1.70. The molecule has 29 nitrogen and oxygen atoms in total. The first-order valence-electron chi connectivity index (χ1n) is 31.2. The Bertz CT molecular complexity index is 3190. The molecule has 0 unspecified atom stereocenters. The maximum atomic E-state index is 15.2. The molecule has 0 aliphatic carbocycles. The minimum Gasteiger partial charge on any atom is -0.494 e. The molecule has 4 bridgehead atoms. The molecule has 0 radical (unpaired) electrons. The highest BCUT2D eigenvalue weighted by Gasteiger charge is 2.40. The van der Waals surface area contributed by atoms with Gasteiger partial charge in [-0.3, -0.25) is 48.1 Å². The molecule has 2 aromatic carbocycles. The topological polar surface area (TPSA) is 403 Å². The molecule has 5 rings (SSSR count). The number of hydrogen-bond donors (Lipinski definition) is 10. The lowest BCUT2D eigenvalue weighted by Gasteiger charge is -2.30. The van der Waals surface area contributed by atoms with Crippen molar-refractivity contribution >= 4 is 74.5 Å². The molecule has 9 amide bonds. The average molecular weight is 1330 g/mol. The molecule has 93 heavy (non-hydrogen) atoms. The van der Waals surface area contributed by atoms with Crippen LogP contribution in [0.2, 0.25) is 0 Å². The Kier molecular flexibility index (Phi) is 31.1. The van der Waals surface area contributed by atoms with Crippen LogP contribution in [-0.2, 0) is 58.6 Å². The molecule has 1 fully saturated rings. The van der Waals surface area contributed by atoms with E-state index in [1.165, 1.54) is 23.3 Å². The van der Waals surface area contributed by atoms with Crippen LogP contribution in [0.1, 0.15) is 83.6 Å². The van der Waals surface area contributed by atoms with Gasteiger partial charge in [0.25, 0.3) is 5.91 Å². The number of likely N-dealkylation sites (N-methyl/N-ethyl adjacent to an activating group) is 3. The highest BCUT2D eigenvalue weighted by Crippen LogP contribution is 2.33. The van der Waals surface area contributed by atoms with E-state index >= 15 is 4.39 Å². The van der Waals surface area contributed by atoms with Crippen LogP contribution in [0, 0.1) is 17.6 Å². The van der Waals surface area contributed by atoms with E-state index in [4.69, 9.17) is 26.7 Å². The van der Waals surface area contributed by atoms with E-state index in [-0.39, 0.29) is 125 Å². The summed E-state index contributed by atoms with van der Waals surface area (Å²) < 4.78 is 59.8. The molecule has 1 aromatic heterocycles. The molecule has 13 N–H and O–H groups in total. The van der Waals surface area contributed by atoms with Crippen LogP contribution in [0.4, 0.5) is 20.4 Å². The number of amides is 9. The molecule has 0 spiro atoms. The molecule has 2 aliphatic rings. The van der Waals surface area contributed by atoms with Gasteiger partial charge in [0.05, 0.1) is 47.9 Å². The number of rotatable bonds is 34. The standard InChI is InChI=1S/C61H93F2N17O12S/c1-39(2)55(59(88)76-93(6,90)38-40-31-42-34-43(32-40)91-29-7-8-30-92-49-33-41(62)14-15-44(49)56-45(63)36-70-61(71-42)75-56)74-58(87)48-11-10-23-80(48)60(89)47(35-50(66)81)73-54(85)37-79(5)28-27-78(4)26-25-77(3)24-22-68-51(82)12-9-13-53(84)72-46(57(86)69-21-19-65)16-17-52(83)67-20-18-64/h14-15,31-34,36,39,46-48,55H,7-13,16-30,35,37-38,64-65H2,1-6H3,(H2,66,81)(H,67,83)(H,68,82)(H,69,86)(H,72,84)(H,73,85)(H,74,87)(H,70,71,75)/t46-,47-,48-,55-,93-/m0/s1.